The van der Waals surface area contributed by atoms with Crippen molar-refractivity contribution < 1.29 is 22.6 Å². The molecule has 1 aromatic carbocycles. The third-order valence-electron chi connectivity index (χ3n) is 3.59. The lowest BCUT2D eigenvalue weighted by molar-refractivity contribution is 0.212. The summed E-state index contributed by atoms with van der Waals surface area (Å²) < 4.78 is 51.9. The summed E-state index contributed by atoms with van der Waals surface area (Å²) in [5, 5.41) is 0. The second-order valence-corrected chi connectivity index (χ2v) is 5.64. The van der Waals surface area contributed by atoms with Gasteiger partial charge in [0.25, 0.3) is 0 Å². The summed E-state index contributed by atoms with van der Waals surface area (Å²) in [6.07, 6.45) is 4.22. The van der Waals surface area contributed by atoms with E-state index >= 15 is 0 Å². The van der Waals surface area contributed by atoms with E-state index in [1.807, 2.05) is 0 Å². The largest absolute Gasteiger partial charge is 0.491 e. The molecule has 0 unspecified atom stereocenters. The van der Waals surface area contributed by atoms with Gasteiger partial charge in [0.2, 0.25) is 5.83 Å². The minimum atomic E-state index is -1.23. The summed E-state index contributed by atoms with van der Waals surface area (Å²) in [7, 11) is 0. The van der Waals surface area contributed by atoms with Gasteiger partial charge in [-0.3, -0.25) is 0 Å². The third kappa shape index (κ3) is 6.50. The molecule has 0 radical (unpaired) electrons. The van der Waals surface area contributed by atoms with Gasteiger partial charge >= 0.3 is 0 Å². The van der Waals surface area contributed by atoms with Crippen LogP contribution in [0.15, 0.2) is 97.6 Å². The van der Waals surface area contributed by atoms with E-state index in [0.29, 0.717) is 11.1 Å². The number of hydrogen-bond acceptors (Lipinski definition) is 2. The average Bonchev–Trinajstić information content (AvgIpc) is 2.68. The van der Waals surface area contributed by atoms with Crippen molar-refractivity contribution in [3.63, 3.8) is 0 Å². The lowest BCUT2D eigenvalue weighted by Gasteiger charge is -2.09. The van der Waals surface area contributed by atoms with Gasteiger partial charge in [0, 0.05) is 11.1 Å². The topological polar surface area (TPSA) is 18.5 Å². The zero-order chi connectivity index (χ0) is 21.3. The first kappa shape index (κ1) is 22.8. The third-order valence-corrected chi connectivity index (χ3v) is 3.59. The molecule has 0 aromatic heterocycles. The minimum absolute atomic E-state index is 0.0853. The number of rotatable bonds is 11. The van der Waals surface area contributed by atoms with Crippen molar-refractivity contribution in [2.24, 2.45) is 0 Å². The summed E-state index contributed by atoms with van der Waals surface area (Å²) in [5.41, 5.74) is 0.852. The lowest BCUT2D eigenvalue weighted by atomic mass is 10.1. The van der Waals surface area contributed by atoms with Crippen LogP contribution in [0.1, 0.15) is 18.1 Å². The molecule has 1 aromatic rings. The average molecular weight is 388 g/mol. The molecule has 0 atom stereocenters. The Morgan fingerprint density at radius 3 is 2.29 bits per heavy atom. The van der Waals surface area contributed by atoms with Crippen LogP contribution < -0.4 is 0 Å². The van der Waals surface area contributed by atoms with Crippen molar-refractivity contribution in [1.29, 1.82) is 0 Å². The van der Waals surface area contributed by atoms with Crippen LogP contribution in [0.5, 0.6) is 0 Å². The predicted octanol–water partition coefficient (Wildman–Crippen LogP) is 6.87. The van der Waals surface area contributed by atoms with Crippen LogP contribution in [0, 0.1) is 5.82 Å². The maximum absolute atomic E-state index is 14.1. The van der Waals surface area contributed by atoms with Gasteiger partial charge in [-0.05, 0) is 30.2 Å². The Labute approximate surface area is 164 Å². The van der Waals surface area contributed by atoms with Crippen LogP contribution in [-0.4, -0.2) is 6.61 Å². The van der Waals surface area contributed by atoms with Gasteiger partial charge in [0.15, 0.2) is 11.6 Å². The monoisotopic (exact) mass is 388 g/mol. The van der Waals surface area contributed by atoms with E-state index in [4.69, 9.17) is 9.47 Å². The SMILES string of the molecule is C=Cc1ccc(COC(=C)/C=C\C(=C)C(=C)/C(F)=C(/F)C(=C)OCC)cc1F. The fourth-order valence-corrected chi connectivity index (χ4v) is 1.98. The van der Waals surface area contributed by atoms with Crippen LogP contribution in [0.4, 0.5) is 13.2 Å². The Kier molecular flexibility index (Phi) is 8.82. The summed E-state index contributed by atoms with van der Waals surface area (Å²) in [6.45, 7) is 19.5. The van der Waals surface area contributed by atoms with E-state index in [0.717, 1.165) is 0 Å². The maximum Gasteiger partial charge on any atom is 0.200 e. The van der Waals surface area contributed by atoms with Gasteiger partial charge in [-0.1, -0.05) is 57.2 Å². The highest BCUT2D eigenvalue weighted by Gasteiger charge is 2.15. The molecule has 2 nitrogen and oxygen atoms in total. The summed E-state index contributed by atoms with van der Waals surface area (Å²) in [5.74, 6) is -3.04. The highest BCUT2D eigenvalue weighted by Crippen LogP contribution is 2.27. The van der Waals surface area contributed by atoms with Gasteiger partial charge in [0.05, 0.1) is 6.61 Å². The molecular weight excluding hydrogens is 365 g/mol. The molecule has 0 aliphatic heterocycles. The molecule has 0 aliphatic rings. The Morgan fingerprint density at radius 1 is 1.04 bits per heavy atom. The van der Waals surface area contributed by atoms with E-state index in [2.05, 4.69) is 32.9 Å². The molecule has 28 heavy (non-hydrogen) atoms. The first-order valence-electron chi connectivity index (χ1n) is 8.37. The molecule has 0 bridgehead atoms. The zero-order valence-corrected chi connectivity index (χ0v) is 15.9. The minimum Gasteiger partial charge on any atom is -0.491 e. The molecule has 0 fully saturated rings. The fraction of sp³-hybridized carbons (Fsp3) is 0.130. The molecule has 5 heteroatoms. The Bertz CT molecular complexity index is 861. The zero-order valence-electron chi connectivity index (χ0n) is 15.9. The maximum atomic E-state index is 14.1. The standard InChI is InChI=1S/C23H23F3O2/c1-7-20-12-11-19(13-21(20)24)14-28-16(4)10-9-15(3)17(5)22(25)23(26)18(6)27-8-2/h7,9-13H,1,3-6,8,14H2,2H3/b10-9-,23-22-. The van der Waals surface area contributed by atoms with E-state index in [9.17, 15) is 13.2 Å². The molecule has 0 saturated carbocycles. The van der Waals surface area contributed by atoms with Crippen LogP contribution in [0.25, 0.3) is 6.08 Å². The Balaban J connectivity index is 2.68. The van der Waals surface area contributed by atoms with Crippen LogP contribution in [-0.2, 0) is 16.1 Å². The number of hydrogen-bond donors (Lipinski definition) is 0. The lowest BCUT2D eigenvalue weighted by Crippen LogP contribution is -1.96. The highest BCUT2D eigenvalue weighted by molar-refractivity contribution is 5.49. The first-order valence-corrected chi connectivity index (χ1v) is 8.37. The number of allylic oxidation sites excluding steroid dienone is 6. The molecule has 0 saturated heterocycles. The number of benzene rings is 1. The van der Waals surface area contributed by atoms with Crippen LogP contribution in [0.2, 0.25) is 0 Å². The first-order chi connectivity index (χ1) is 13.2. The van der Waals surface area contributed by atoms with Crippen molar-refractivity contribution in [3.05, 3.63) is 115 Å². The van der Waals surface area contributed by atoms with Gasteiger partial charge < -0.3 is 9.47 Å². The molecular formula is C23H23F3O2. The second-order valence-electron chi connectivity index (χ2n) is 5.64. The summed E-state index contributed by atoms with van der Waals surface area (Å²) in [6, 6.07) is 4.63. The highest BCUT2D eigenvalue weighted by atomic mass is 19.2. The van der Waals surface area contributed by atoms with Crippen LogP contribution in [0.3, 0.4) is 0 Å². The van der Waals surface area contributed by atoms with Crippen molar-refractivity contribution >= 4 is 6.08 Å². The number of ether oxygens (including phenoxy) is 2. The van der Waals surface area contributed by atoms with Gasteiger partial charge in [-0.25, -0.2) is 8.78 Å². The second kappa shape index (κ2) is 10.8. The number of halogens is 3. The Morgan fingerprint density at radius 2 is 1.71 bits per heavy atom. The van der Waals surface area contributed by atoms with E-state index < -0.39 is 23.2 Å². The molecule has 148 valence electrons. The van der Waals surface area contributed by atoms with Gasteiger partial charge in [-0.15, -0.1) is 0 Å². The molecule has 0 heterocycles. The summed E-state index contributed by atoms with van der Waals surface area (Å²) >= 11 is 0. The normalized spacial score (nSPS) is 11.6. The van der Waals surface area contributed by atoms with Crippen molar-refractivity contribution in [2.75, 3.05) is 6.61 Å². The van der Waals surface area contributed by atoms with E-state index in [1.165, 1.54) is 24.3 Å². The fourth-order valence-electron chi connectivity index (χ4n) is 1.98. The predicted molar refractivity (Wildman–Crippen MR) is 108 cm³/mol. The van der Waals surface area contributed by atoms with Crippen molar-refractivity contribution in [1.82, 2.24) is 0 Å². The smallest absolute Gasteiger partial charge is 0.200 e. The molecule has 1 rings (SSSR count). The molecule has 0 spiro atoms. The van der Waals surface area contributed by atoms with Crippen LogP contribution >= 0.6 is 0 Å². The van der Waals surface area contributed by atoms with Crippen molar-refractivity contribution in [3.8, 4) is 0 Å². The summed E-state index contributed by atoms with van der Waals surface area (Å²) in [4.78, 5) is 0. The molecule has 0 N–H and O–H groups in total. The quantitative estimate of drug-likeness (QED) is 0.304. The molecule has 0 amide bonds. The van der Waals surface area contributed by atoms with E-state index in [-0.39, 0.29) is 30.1 Å². The van der Waals surface area contributed by atoms with Gasteiger partial charge in [-0.2, -0.15) is 4.39 Å². The molecule has 0 aliphatic carbocycles. The van der Waals surface area contributed by atoms with E-state index in [1.54, 1.807) is 19.1 Å². The van der Waals surface area contributed by atoms with Crippen molar-refractivity contribution in [2.45, 2.75) is 13.5 Å². The Hall–Kier alpha value is -3.21. The van der Waals surface area contributed by atoms with Gasteiger partial charge in [0.1, 0.15) is 18.2 Å².